The molecule has 0 aliphatic rings. The fraction of sp³-hybridized carbons (Fsp3) is 0.857. The molecule has 0 saturated carbocycles. The van der Waals surface area contributed by atoms with Gasteiger partial charge in [0.15, 0.2) is 11.9 Å². The van der Waals surface area contributed by atoms with Crippen molar-refractivity contribution in [3.05, 3.63) is 24.3 Å². The summed E-state index contributed by atoms with van der Waals surface area (Å²) in [5.74, 6) is -0.0382. The van der Waals surface area contributed by atoms with Crippen LogP contribution in [-0.2, 0) is 24.2 Å². The lowest BCUT2D eigenvalue weighted by Crippen LogP contribution is -2.56. The van der Waals surface area contributed by atoms with Gasteiger partial charge in [-0.05, 0) is 64.2 Å². The van der Waals surface area contributed by atoms with E-state index in [0.29, 0.717) is 25.9 Å². The van der Waals surface area contributed by atoms with Gasteiger partial charge >= 0.3 is 5.91 Å². The van der Waals surface area contributed by atoms with Crippen molar-refractivity contribution in [3.8, 4) is 0 Å². The molecule has 0 aromatic carbocycles. The van der Waals surface area contributed by atoms with E-state index in [-0.39, 0.29) is 22.7 Å². The predicted molar refractivity (Wildman–Crippen MR) is 217 cm³/mol. The Morgan fingerprint density at radius 2 is 0.981 bits per heavy atom. The summed E-state index contributed by atoms with van der Waals surface area (Å²) in [7, 11) is -1.77. The van der Waals surface area contributed by atoms with E-state index < -0.39 is 16.5 Å². The molecule has 0 aromatic heterocycles. The van der Waals surface area contributed by atoms with Crippen molar-refractivity contribution in [3.63, 3.8) is 0 Å². The van der Waals surface area contributed by atoms with Crippen LogP contribution in [0.4, 0.5) is 0 Å². The van der Waals surface area contributed by atoms with Crippen LogP contribution in [-0.4, -0.2) is 74.1 Å². The van der Waals surface area contributed by atoms with E-state index in [1.807, 2.05) is 7.05 Å². The number of Topliss-reactive ketones (excluding diaryl/α,β-unsaturated/α-hetero) is 1. The Bertz CT molecular complexity index is 987. The first kappa shape index (κ1) is 52.7. The van der Waals surface area contributed by atoms with Crippen LogP contribution in [0.15, 0.2) is 24.3 Å². The molecule has 0 saturated heterocycles. The number of nitrogens with zero attached hydrogens (tertiary/aromatic N) is 1. The Labute approximate surface area is 321 Å². The van der Waals surface area contributed by atoms with Gasteiger partial charge in [-0.15, -0.1) is 0 Å². The number of rotatable bonds is 36. The van der Waals surface area contributed by atoms with Crippen LogP contribution in [0.3, 0.4) is 0 Å². The van der Waals surface area contributed by atoms with Gasteiger partial charge in [-0.25, -0.2) is 13.2 Å². The van der Waals surface area contributed by atoms with Crippen molar-refractivity contribution in [2.24, 2.45) is 5.73 Å². The van der Waals surface area contributed by atoms with E-state index in [1.165, 1.54) is 116 Å². The lowest BCUT2D eigenvalue weighted by Gasteiger charge is -2.33. The first-order valence-electron chi connectivity index (χ1n) is 21.1. The average molecular weight is 759 g/mol. The fourth-order valence-corrected chi connectivity index (χ4v) is 6.24. The van der Waals surface area contributed by atoms with E-state index in [9.17, 15) is 27.7 Å². The number of aliphatic hydroxyl groups excluding tert-OH is 1. The molecule has 0 aliphatic carbocycles. The molecule has 308 valence electrons. The van der Waals surface area contributed by atoms with Crippen LogP contribution in [0.2, 0.25) is 0 Å². The number of amides is 1. The monoisotopic (exact) mass is 759 g/mol. The number of unbranched alkanes of at least 4 members (excludes halogenated alkanes) is 22. The van der Waals surface area contributed by atoms with Gasteiger partial charge in [0.05, 0.1) is 27.1 Å². The molecule has 0 fully saturated rings. The molecule has 2 atom stereocenters. The van der Waals surface area contributed by atoms with Gasteiger partial charge in [-0.2, -0.15) is 0 Å². The number of quaternary nitrogens is 1. The number of carbonyl (C=O) groups excluding carboxylic acids is 2. The topological polar surface area (TPSA) is 147 Å². The minimum atomic E-state index is -4.41. The third-order valence-corrected chi connectivity index (χ3v) is 10.1. The molecule has 0 bridgehead atoms. The molecule has 10 heteroatoms. The second-order valence-corrected chi connectivity index (χ2v) is 15.9. The molecule has 0 heterocycles. The minimum absolute atomic E-state index is 0.0547. The number of aliphatic hydroxyl groups is 1. The third kappa shape index (κ3) is 36.9. The van der Waals surface area contributed by atoms with Gasteiger partial charge in [0.25, 0.3) is 0 Å². The zero-order chi connectivity index (χ0) is 39.2. The molecule has 9 nitrogen and oxygen atoms in total. The van der Waals surface area contributed by atoms with E-state index in [1.54, 1.807) is 0 Å². The first-order valence-corrected chi connectivity index (χ1v) is 22.4. The second kappa shape index (κ2) is 37.9. The summed E-state index contributed by atoms with van der Waals surface area (Å²) in [6.45, 7) is 5.49. The standard InChI is InChI=1S/C41H79N2O3.CH4O4S/c1-4-6-8-10-12-14-16-18-20-22-24-26-28-30-32-34-39(44)40(45)38-43(3,37-36-42)41(46)35-33-31-29-27-25-23-21-19-17-15-13-11-9-7-5-2;1-5-6(2,3)4/h18-21,40,45H,4-17,22-38,42H2,1-3H3;1H3,(H,2,3,4)/q+1;/p-1. The molecule has 0 spiro atoms. The molecule has 1 amide bonds. The van der Waals surface area contributed by atoms with Gasteiger partial charge in [0.2, 0.25) is 10.4 Å². The lowest BCUT2D eigenvalue weighted by atomic mass is 10.0. The molecule has 0 radical (unpaired) electrons. The quantitative estimate of drug-likeness (QED) is 0.0211. The van der Waals surface area contributed by atoms with Crippen LogP contribution in [0.1, 0.15) is 194 Å². The number of hydrogen-bond acceptors (Lipinski definition) is 8. The summed E-state index contributed by atoms with van der Waals surface area (Å²) in [4.78, 5) is 25.8. The van der Waals surface area contributed by atoms with Gasteiger partial charge in [0.1, 0.15) is 6.54 Å². The van der Waals surface area contributed by atoms with Crippen LogP contribution in [0.5, 0.6) is 0 Å². The van der Waals surface area contributed by atoms with Crippen LogP contribution >= 0.6 is 0 Å². The number of likely N-dealkylation sites (N-methyl/N-ethyl adjacent to an activating group) is 1. The molecular formula is C42H82N2O7S. The highest BCUT2D eigenvalue weighted by molar-refractivity contribution is 7.80. The minimum Gasteiger partial charge on any atom is -0.726 e. The largest absolute Gasteiger partial charge is 0.726 e. The molecular weight excluding hydrogens is 677 g/mol. The smallest absolute Gasteiger partial charge is 0.313 e. The Kier molecular flexibility index (Phi) is 38.4. The van der Waals surface area contributed by atoms with E-state index >= 15 is 0 Å². The Morgan fingerprint density at radius 1 is 0.654 bits per heavy atom. The second-order valence-electron chi connectivity index (χ2n) is 14.7. The molecule has 52 heavy (non-hydrogen) atoms. The van der Waals surface area contributed by atoms with Gasteiger partial charge in [-0.3, -0.25) is 13.5 Å². The molecule has 2 unspecified atom stereocenters. The summed E-state index contributed by atoms with van der Waals surface area (Å²) >= 11 is 0. The molecule has 3 N–H and O–H groups in total. The van der Waals surface area contributed by atoms with Crippen molar-refractivity contribution >= 4 is 22.1 Å². The van der Waals surface area contributed by atoms with E-state index in [2.05, 4.69) is 42.3 Å². The maximum absolute atomic E-state index is 13.1. The molecule has 0 aromatic rings. The summed E-state index contributed by atoms with van der Waals surface area (Å²) in [6, 6.07) is 0. The van der Waals surface area contributed by atoms with Crippen LogP contribution < -0.4 is 5.73 Å². The van der Waals surface area contributed by atoms with Crippen LogP contribution in [0.25, 0.3) is 0 Å². The predicted octanol–water partition coefficient (Wildman–Crippen LogP) is 10.0. The summed E-state index contributed by atoms with van der Waals surface area (Å²) in [5, 5.41) is 10.7. The van der Waals surface area contributed by atoms with Crippen LogP contribution in [0, 0.1) is 0 Å². The van der Waals surface area contributed by atoms with Crippen molar-refractivity contribution in [1.29, 1.82) is 0 Å². The lowest BCUT2D eigenvalue weighted by molar-refractivity contribution is -0.835. The number of hydrogen-bond donors (Lipinski definition) is 2. The number of nitrogens with two attached hydrogens (primary N) is 1. The first-order chi connectivity index (χ1) is 25.0. The Morgan fingerprint density at radius 3 is 1.33 bits per heavy atom. The fourth-order valence-electron chi connectivity index (χ4n) is 6.24. The van der Waals surface area contributed by atoms with Gasteiger partial charge < -0.3 is 15.4 Å². The Hall–Kier alpha value is -1.43. The number of carbonyl (C=O) groups is 2. The van der Waals surface area contributed by atoms with Gasteiger partial charge in [-0.1, -0.05) is 141 Å². The van der Waals surface area contributed by atoms with Crippen molar-refractivity contribution in [2.45, 2.75) is 200 Å². The molecule has 0 aliphatic heterocycles. The zero-order valence-corrected chi connectivity index (χ0v) is 35.0. The summed E-state index contributed by atoms with van der Waals surface area (Å²) in [6.07, 6.45) is 41.0. The Balaban J connectivity index is 0. The van der Waals surface area contributed by atoms with E-state index in [4.69, 9.17) is 5.73 Å². The highest BCUT2D eigenvalue weighted by Gasteiger charge is 2.35. The van der Waals surface area contributed by atoms with Crippen molar-refractivity contribution < 1.29 is 36.3 Å². The highest BCUT2D eigenvalue weighted by atomic mass is 32.3. The maximum atomic E-state index is 13.1. The third-order valence-electron chi connectivity index (χ3n) is 9.71. The summed E-state index contributed by atoms with van der Waals surface area (Å²) < 4.78 is 31.1. The molecule has 0 rings (SSSR count). The SMILES string of the molecule is CCCCCCCCC=CCCCCCCCC(=O)C(O)C[N+](C)(CCN)C(=O)CCCCCCCC=CCCCCCCCC.COS(=O)(=O)[O-]. The van der Waals surface area contributed by atoms with Gasteiger partial charge in [0, 0.05) is 13.0 Å². The van der Waals surface area contributed by atoms with E-state index in [0.717, 1.165) is 58.5 Å². The van der Waals surface area contributed by atoms with Crippen molar-refractivity contribution in [1.82, 2.24) is 0 Å². The highest BCUT2D eigenvalue weighted by Crippen LogP contribution is 2.16. The summed E-state index contributed by atoms with van der Waals surface area (Å²) in [5.41, 5.74) is 5.84. The van der Waals surface area contributed by atoms with Crippen molar-refractivity contribution in [2.75, 3.05) is 33.8 Å². The number of allylic oxidation sites excluding steroid dienone is 4. The maximum Gasteiger partial charge on any atom is 0.313 e. The average Bonchev–Trinajstić information content (AvgIpc) is 3.11. The zero-order valence-electron chi connectivity index (χ0n) is 34.1. The number of ketones is 1. The normalized spacial score (nSPS) is 13.7.